The molecule has 0 heterocycles. The lowest BCUT2D eigenvalue weighted by Gasteiger charge is -2.06. The number of benzene rings is 1. The minimum atomic E-state index is -0.374. The fraction of sp³-hybridized carbons (Fsp3) is 0.667. The fourth-order valence-electron chi connectivity index (χ4n) is 2.81. The van der Waals surface area contributed by atoms with E-state index in [0.717, 1.165) is 12.8 Å². The molecule has 1 radical (unpaired) electrons. The summed E-state index contributed by atoms with van der Waals surface area (Å²) in [6, 6.07) is 5.76. The minimum Gasteiger partial charge on any atom is -0.462 e. The highest BCUT2D eigenvalue weighted by molar-refractivity contribution is 6.34. The average Bonchev–Trinajstić information content (AvgIpc) is 2.58. The Bertz CT molecular complexity index is 469. The first kappa shape index (κ1) is 22.3. The molecule has 1 aromatic rings. The van der Waals surface area contributed by atoms with Crippen LogP contribution in [0, 0.1) is 6.07 Å². The molecule has 0 atom stereocenters. The molecular formula is C21H31Cl2O2. The van der Waals surface area contributed by atoms with Crippen molar-refractivity contribution in [3.05, 3.63) is 33.8 Å². The van der Waals surface area contributed by atoms with Crippen molar-refractivity contribution in [2.45, 2.75) is 84.0 Å². The predicted molar refractivity (Wildman–Crippen MR) is 107 cm³/mol. The van der Waals surface area contributed by atoms with Gasteiger partial charge in [-0.1, -0.05) is 101 Å². The van der Waals surface area contributed by atoms with Gasteiger partial charge >= 0.3 is 5.97 Å². The second-order valence-corrected chi connectivity index (χ2v) is 7.40. The van der Waals surface area contributed by atoms with Crippen molar-refractivity contribution in [3.8, 4) is 0 Å². The zero-order valence-electron chi connectivity index (χ0n) is 15.4. The van der Waals surface area contributed by atoms with Crippen LogP contribution in [0.5, 0.6) is 0 Å². The largest absolute Gasteiger partial charge is 0.462 e. The van der Waals surface area contributed by atoms with E-state index in [2.05, 4.69) is 13.0 Å². The van der Waals surface area contributed by atoms with Gasteiger partial charge in [0.25, 0.3) is 0 Å². The molecule has 0 unspecified atom stereocenters. The van der Waals surface area contributed by atoms with E-state index in [1.54, 1.807) is 0 Å². The summed E-state index contributed by atoms with van der Waals surface area (Å²) in [6.07, 6.45) is 15.4. The number of ether oxygens (including phenoxy) is 1. The number of unbranched alkanes of at least 4 members (excludes halogenated alkanes) is 11. The summed E-state index contributed by atoms with van der Waals surface area (Å²) >= 11 is 11.7. The highest BCUT2D eigenvalue weighted by Crippen LogP contribution is 2.19. The third-order valence-electron chi connectivity index (χ3n) is 4.27. The molecule has 0 aliphatic carbocycles. The predicted octanol–water partition coefficient (Wildman–Crippen LogP) is 7.65. The summed E-state index contributed by atoms with van der Waals surface area (Å²) < 4.78 is 5.26. The van der Waals surface area contributed by atoms with Gasteiger partial charge in [-0.25, -0.2) is 4.79 Å². The lowest BCUT2D eigenvalue weighted by atomic mass is 10.1. The monoisotopic (exact) mass is 385 g/mol. The van der Waals surface area contributed by atoms with Gasteiger partial charge in [-0.2, -0.15) is 0 Å². The van der Waals surface area contributed by atoms with Crippen molar-refractivity contribution in [1.29, 1.82) is 0 Å². The van der Waals surface area contributed by atoms with Crippen LogP contribution in [0.25, 0.3) is 0 Å². The summed E-state index contributed by atoms with van der Waals surface area (Å²) in [7, 11) is 0. The highest BCUT2D eigenvalue weighted by atomic mass is 35.5. The van der Waals surface area contributed by atoms with Crippen molar-refractivity contribution in [1.82, 2.24) is 0 Å². The summed E-state index contributed by atoms with van der Waals surface area (Å²) in [6.45, 7) is 2.71. The molecular weight excluding hydrogens is 355 g/mol. The van der Waals surface area contributed by atoms with Crippen LogP contribution in [0.3, 0.4) is 0 Å². The second-order valence-electron chi connectivity index (χ2n) is 6.59. The quantitative estimate of drug-likeness (QED) is 0.242. The first-order chi connectivity index (χ1) is 12.1. The molecule has 0 aliphatic rings. The lowest BCUT2D eigenvalue weighted by Crippen LogP contribution is -2.06. The molecule has 4 heteroatoms. The molecule has 0 bridgehead atoms. The Morgan fingerprint density at radius 1 is 0.840 bits per heavy atom. The first-order valence-electron chi connectivity index (χ1n) is 9.69. The molecule has 0 spiro atoms. The van der Waals surface area contributed by atoms with Crippen LogP contribution in [0.4, 0.5) is 0 Å². The second kappa shape index (κ2) is 14.4. The van der Waals surface area contributed by atoms with Gasteiger partial charge in [0.15, 0.2) is 0 Å². The molecule has 25 heavy (non-hydrogen) atoms. The van der Waals surface area contributed by atoms with Gasteiger partial charge in [0.2, 0.25) is 0 Å². The van der Waals surface area contributed by atoms with E-state index in [4.69, 9.17) is 27.9 Å². The number of esters is 1. The summed E-state index contributed by atoms with van der Waals surface area (Å²) in [4.78, 5) is 11.9. The Hall–Kier alpha value is -0.730. The third-order valence-corrected chi connectivity index (χ3v) is 4.68. The summed E-state index contributed by atoms with van der Waals surface area (Å²) in [5.74, 6) is -0.374. The Labute approximate surface area is 163 Å². The van der Waals surface area contributed by atoms with Gasteiger partial charge in [0, 0.05) is 6.07 Å². The van der Waals surface area contributed by atoms with Gasteiger partial charge in [0.05, 0.1) is 22.2 Å². The lowest BCUT2D eigenvalue weighted by molar-refractivity contribution is 0.0497. The van der Waals surface area contributed by atoms with E-state index in [-0.39, 0.29) is 5.97 Å². The molecule has 141 valence electrons. The zero-order chi connectivity index (χ0) is 18.3. The maximum absolute atomic E-state index is 11.9. The average molecular weight is 386 g/mol. The van der Waals surface area contributed by atoms with Crippen LogP contribution < -0.4 is 0 Å². The van der Waals surface area contributed by atoms with Crippen molar-refractivity contribution in [3.63, 3.8) is 0 Å². The Morgan fingerprint density at radius 2 is 1.28 bits per heavy atom. The fourth-order valence-corrected chi connectivity index (χ4v) is 3.30. The highest BCUT2D eigenvalue weighted by Gasteiger charge is 2.09. The maximum Gasteiger partial charge on any atom is 0.338 e. The van der Waals surface area contributed by atoms with Gasteiger partial charge in [-0.15, -0.1) is 0 Å². The van der Waals surface area contributed by atoms with Crippen LogP contribution in [0.15, 0.2) is 12.1 Å². The number of carbonyl (C=O) groups is 1. The van der Waals surface area contributed by atoms with Gasteiger partial charge in [0.1, 0.15) is 0 Å². The van der Waals surface area contributed by atoms with Gasteiger partial charge in [-0.3, -0.25) is 0 Å². The minimum absolute atomic E-state index is 0.324. The van der Waals surface area contributed by atoms with Crippen LogP contribution in [-0.2, 0) is 4.74 Å². The zero-order valence-corrected chi connectivity index (χ0v) is 16.9. The Morgan fingerprint density at radius 3 is 1.76 bits per heavy atom. The van der Waals surface area contributed by atoms with Crippen molar-refractivity contribution in [2.75, 3.05) is 6.61 Å². The van der Waals surface area contributed by atoms with E-state index >= 15 is 0 Å². The number of halogens is 2. The topological polar surface area (TPSA) is 26.3 Å². The molecule has 0 aromatic heterocycles. The number of hydrogen-bond donors (Lipinski definition) is 0. The number of carbonyl (C=O) groups excluding carboxylic acids is 1. The SMILES string of the molecule is CCCCCCCCCCCCCCOC(=O)c1cc(Cl)[c]c(Cl)c1. The van der Waals surface area contributed by atoms with Crippen molar-refractivity contribution >= 4 is 29.2 Å². The van der Waals surface area contributed by atoms with Crippen LogP contribution in [0.1, 0.15) is 94.3 Å². The first-order valence-corrected chi connectivity index (χ1v) is 10.4. The van der Waals surface area contributed by atoms with Crippen LogP contribution >= 0.6 is 23.2 Å². The van der Waals surface area contributed by atoms with E-state index in [1.165, 1.54) is 76.3 Å². The standard InChI is InChI=1S/C21H31Cl2O2/c1-2-3-4-5-6-7-8-9-10-11-12-13-14-25-21(24)18-15-19(22)17-20(23)16-18/h15-16H,2-14H2,1H3. The van der Waals surface area contributed by atoms with Gasteiger partial charge in [-0.05, 0) is 18.6 Å². The van der Waals surface area contributed by atoms with Gasteiger partial charge < -0.3 is 4.74 Å². The Balaban J connectivity index is 1.94. The van der Waals surface area contributed by atoms with Crippen molar-refractivity contribution in [2.24, 2.45) is 0 Å². The molecule has 1 aromatic carbocycles. The van der Waals surface area contributed by atoms with E-state index in [9.17, 15) is 4.79 Å². The molecule has 0 saturated carbocycles. The normalized spacial score (nSPS) is 10.8. The number of hydrogen-bond acceptors (Lipinski definition) is 2. The van der Waals surface area contributed by atoms with E-state index < -0.39 is 0 Å². The smallest absolute Gasteiger partial charge is 0.338 e. The molecule has 0 N–H and O–H groups in total. The summed E-state index contributed by atoms with van der Waals surface area (Å²) in [5.41, 5.74) is 0.382. The van der Waals surface area contributed by atoms with E-state index in [0.29, 0.717) is 22.2 Å². The molecule has 0 aliphatic heterocycles. The van der Waals surface area contributed by atoms with E-state index in [1.807, 2.05) is 0 Å². The number of rotatable bonds is 14. The molecule has 0 saturated heterocycles. The third kappa shape index (κ3) is 11.5. The molecule has 2 nitrogen and oxygen atoms in total. The molecule has 1 rings (SSSR count). The maximum atomic E-state index is 11.9. The van der Waals surface area contributed by atoms with Crippen LogP contribution in [0.2, 0.25) is 10.0 Å². The van der Waals surface area contributed by atoms with Crippen LogP contribution in [-0.4, -0.2) is 12.6 Å². The van der Waals surface area contributed by atoms with Crippen molar-refractivity contribution < 1.29 is 9.53 Å². The molecule has 0 amide bonds. The molecule has 0 fully saturated rings. The Kier molecular flexibility index (Phi) is 12.9. The summed E-state index contributed by atoms with van der Waals surface area (Å²) in [5, 5.41) is 0.648.